The minimum absolute atomic E-state index is 0.185. The first-order chi connectivity index (χ1) is 7.59. The van der Waals surface area contributed by atoms with Crippen molar-refractivity contribution in [3.05, 3.63) is 0 Å². The Morgan fingerprint density at radius 2 is 2.12 bits per heavy atom. The topological polar surface area (TPSA) is 41.6 Å². The van der Waals surface area contributed by atoms with Gasteiger partial charge in [0.1, 0.15) is 6.54 Å². The zero-order valence-corrected chi connectivity index (χ0v) is 10.1. The lowest BCUT2D eigenvalue weighted by Gasteiger charge is -2.41. The summed E-state index contributed by atoms with van der Waals surface area (Å²) in [4.78, 5) is 12.9. The van der Waals surface area contributed by atoms with Crippen molar-refractivity contribution in [2.75, 3.05) is 19.6 Å². The number of ether oxygens (including phenoxy) is 1. The summed E-state index contributed by atoms with van der Waals surface area (Å²) in [6, 6.07) is -0.703. The summed E-state index contributed by atoms with van der Waals surface area (Å²) in [5.41, 5.74) is -0.534. The quantitative estimate of drug-likeness (QED) is 0.774. The van der Waals surface area contributed by atoms with Crippen molar-refractivity contribution in [3.63, 3.8) is 0 Å². The fourth-order valence-corrected chi connectivity index (χ4v) is 1.90. The lowest BCUT2D eigenvalue weighted by Crippen LogP contribution is -2.56. The highest BCUT2D eigenvalue weighted by Crippen LogP contribution is 2.21. The zero-order valence-electron chi connectivity index (χ0n) is 10.1. The number of morpholine rings is 1. The first-order valence-electron chi connectivity index (χ1n) is 5.36. The molecule has 1 heterocycles. The van der Waals surface area contributed by atoms with E-state index < -0.39 is 24.4 Å². The monoisotopic (exact) mass is 254 g/mol. The van der Waals surface area contributed by atoms with Crippen molar-refractivity contribution in [2.24, 2.45) is 0 Å². The van der Waals surface area contributed by atoms with Crippen LogP contribution in [0, 0.1) is 0 Å². The Kier molecular flexibility index (Phi) is 3.91. The summed E-state index contributed by atoms with van der Waals surface area (Å²) in [5, 5.41) is 1.86. The van der Waals surface area contributed by atoms with Gasteiger partial charge in [0.25, 0.3) is 0 Å². The molecule has 0 aromatic heterocycles. The van der Waals surface area contributed by atoms with Gasteiger partial charge in [0.15, 0.2) is 0 Å². The normalized spacial score (nSPS) is 24.6. The van der Waals surface area contributed by atoms with Crippen LogP contribution in [0.3, 0.4) is 0 Å². The molecular weight excluding hydrogens is 237 g/mol. The van der Waals surface area contributed by atoms with Gasteiger partial charge in [-0.15, -0.1) is 0 Å². The third kappa shape index (κ3) is 4.80. The lowest BCUT2D eigenvalue weighted by molar-refractivity contribution is -0.127. The van der Waals surface area contributed by atoms with Crippen LogP contribution >= 0.6 is 0 Å². The molecule has 1 fully saturated rings. The number of alkyl halides is 3. The van der Waals surface area contributed by atoms with Gasteiger partial charge < -0.3 is 15.0 Å². The Hall–Kier alpha value is -0.980. The SMILES string of the molecule is CC1CN(C(=O)NCC(F)(F)F)CC(C)(C)O1. The fraction of sp³-hybridized carbons (Fsp3) is 0.900. The van der Waals surface area contributed by atoms with Gasteiger partial charge in [0.05, 0.1) is 18.2 Å². The Balaban J connectivity index is 2.52. The van der Waals surface area contributed by atoms with Gasteiger partial charge in [0.2, 0.25) is 0 Å². The highest BCUT2D eigenvalue weighted by Gasteiger charge is 2.35. The lowest BCUT2D eigenvalue weighted by atomic mass is 10.1. The number of urea groups is 1. The van der Waals surface area contributed by atoms with Crippen molar-refractivity contribution in [2.45, 2.75) is 38.7 Å². The summed E-state index contributed by atoms with van der Waals surface area (Å²) in [5.74, 6) is 0. The molecule has 100 valence electrons. The second kappa shape index (κ2) is 4.72. The number of carbonyl (C=O) groups excluding carboxylic acids is 1. The summed E-state index contributed by atoms with van der Waals surface area (Å²) in [6.07, 6.45) is -4.57. The summed E-state index contributed by atoms with van der Waals surface area (Å²) in [6.45, 7) is 4.65. The molecule has 17 heavy (non-hydrogen) atoms. The summed E-state index contributed by atoms with van der Waals surface area (Å²) >= 11 is 0. The number of nitrogens with one attached hydrogen (secondary N) is 1. The van der Waals surface area contributed by atoms with Crippen LogP contribution in [0.15, 0.2) is 0 Å². The molecule has 1 aliphatic heterocycles. The maximum atomic E-state index is 12.0. The number of nitrogens with zero attached hydrogens (tertiary/aromatic N) is 1. The van der Waals surface area contributed by atoms with E-state index >= 15 is 0 Å². The molecule has 0 aromatic carbocycles. The van der Waals surface area contributed by atoms with Crippen molar-refractivity contribution in [1.29, 1.82) is 0 Å². The van der Waals surface area contributed by atoms with E-state index in [9.17, 15) is 18.0 Å². The van der Waals surface area contributed by atoms with Crippen LogP contribution < -0.4 is 5.32 Å². The summed E-state index contributed by atoms with van der Waals surface area (Å²) < 4.78 is 41.4. The minimum Gasteiger partial charge on any atom is -0.369 e. The van der Waals surface area contributed by atoms with E-state index in [0.717, 1.165) is 0 Å². The van der Waals surface area contributed by atoms with Crippen LogP contribution in [0.2, 0.25) is 0 Å². The van der Waals surface area contributed by atoms with E-state index in [-0.39, 0.29) is 12.6 Å². The Morgan fingerprint density at radius 1 is 1.53 bits per heavy atom. The number of carbonyl (C=O) groups is 1. The van der Waals surface area contributed by atoms with Crippen LogP contribution in [0.25, 0.3) is 0 Å². The van der Waals surface area contributed by atoms with Gasteiger partial charge in [-0.25, -0.2) is 4.79 Å². The third-order valence-corrected chi connectivity index (χ3v) is 2.30. The number of halogens is 3. The standard InChI is InChI=1S/C10H17F3N2O2/c1-7-4-15(6-9(2,3)17-7)8(16)14-5-10(11,12)13/h7H,4-6H2,1-3H3,(H,14,16). The van der Waals surface area contributed by atoms with E-state index in [4.69, 9.17) is 4.74 Å². The number of amides is 2. The van der Waals surface area contributed by atoms with Gasteiger partial charge in [-0.3, -0.25) is 0 Å². The highest BCUT2D eigenvalue weighted by atomic mass is 19.4. The van der Waals surface area contributed by atoms with E-state index in [2.05, 4.69) is 0 Å². The molecule has 0 spiro atoms. The Bertz CT molecular complexity index is 292. The smallest absolute Gasteiger partial charge is 0.369 e. The van der Waals surface area contributed by atoms with E-state index in [1.807, 2.05) is 5.32 Å². The molecule has 0 radical (unpaired) electrons. The molecule has 1 aliphatic rings. The van der Waals surface area contributed by atoms with Crippen LogP contribution in [0.5, 0.6) is 0 Å². The van der Waals surface area contributed by atoms with Crippen molar-refractivity contribution >= 4 is 6.03 Å². The second-order valence-electron chi connectivity index (χ2n) is 4.84. The molecule has 2 amide bonds. The van der Waals surface area contributed by atoms with Crippen LogP contribution in [-0.4, -0.2) is 48.4 Å². The Labute approximate surface area is 98.1 Å². The first-order valence-corrected chi connectivity index (χ1v) is 5.36. The molecule has 1 saturated heterocycles. The van der Waals surface area contributed by atoms with Crippen LogP contribution in [0.4, 0.5) is 18.0 Å². The molecule has 0 aromatic rings. The molecule has 4 nitrogen and oxygen atoms in total. The molecular formula is C10H17F3N2O2. The molecule has 1 N–H and O–H groups in total. The molecule has 0 bridgehead atoms. The Morgan fingerprint density at radius 3 is 2.59 bits per heavy atom. The number of rotatable bonds is 1. The number of hydrogen-bond acceptors (Lipinski definition) is 2. The minimum atomic E-state index is -4.39. The van der Waals surface area contributed by atoms with E-state index in [1.165, 1.54) is 4.90 Å². The van der Waals surface area contributed by atoms with Gasteiger partial charge >= 0.3 is 12.2 Å². The highest BCUT2D eigenvalue weighted by molar-refractivity contribution is 5.74. The number of hydrogen-bond donors (Lipinski definition) is 1. The molecule has 1 rings (SSSR count). The molecule has 7 heteroatoms. The molecule has 0 saturated carbocycles. The molecule has 1 atom stereocenters. The van der Waals surface area contributed by atoms with E-state index in [0.29, 0.717) is 6.54 Å². The molecule has 1 unspecified atom stereocenters. The average Bonchev–Trinajstić information content (AvgIpc) is 2.09. The maximum Gasteiger partial charge on any atom is 0.405 e. The van der Waals surface area contributed by atoms with E-state index in [1.54, 1.807) is 20.8 Å². The van der Waals surface area contributed by atoms with Gasteiger partial charge in [-0.1, -0.05) is 0 Å². The second-order valence-corrected chi connectivity index (χ2v) is 4.84. The van der Waals surface area contributed by atoms with Gasteiger partial charge in [-0.2, -0.15) is 13.2 Å². The third-order valence-electron chi connectivity index (χ3n) is 2.30. The fourth-order valence-electron chi connectivity index (χ4n) is 1.90. The van der Waals surface area contributed by atoms with Crippen molar-refractivity contribution < 1.29 is 22.7 Å². The summed E-state index contributed by atoms with van der Waals surface area (Å²) in [7, 11) is 0. The van der Waals surface area contributed by atoms with Gasteiger partial charge in [-0.05, 0) is 20.8 Å². The van der Waals surface area contributed by atoms with Crippen LogP contribution in [0.1, 0.15) is 20.8 Å². The first kappa shape index (κ1) is 14.1. The predicted molar refractivity (Wildman–Crippen MR) is 55.7 cm³/mol. The maximum absolute atomic E-state index is 12.0. The molecule has 0 aliphatic carbocycles. The van der Waals surface area contributed by atoms with Gasteiger partial charge in [0, 0.05) is 6.54 Å². The average molecular weight is 254 g/mol. The van der Waals surface area contributed by atoms with Crippen molar-refractivity contribution in [3.8, 4) is 0 Å². The van der Waals surface area contributed by atoms with Crippen LogP contribution in [-0.2, 0) is 4.74 Å². The predicted octanol–water partition coefficient (Wildman–Crippen LogP) is 1.76. The largest absolute Gasteiger partial charge is 0.405 e. The van der Waals surface area contributed by atoms with Crippen molar-refractivity contribution in [1.82, 2.24) is 10.2 Å². The zero-order chi connectivity index (χ0) is 13.3.